The molecule has 3 aromatic carbocycles. The Balaban J connectivity index is 1.66. The van der Waals surface area contributed by atoms with Crippen LogP contribution in [-0.4, -0.2) is 0 Å². The molecule has 0 N–H and O–H groups in total. The summed E-state index contributed by atoms with van der Waals surface area (Å²) in [5.41, 5.74) is 3.48. The lowest BCUT2D eigenvalue weighted by Crippen LogP contribution is -2.10. The fourth-order valence-corrected chi connectivity index (χ4v) is 3.83. The lowest BCUT2D eigenvalue weighted by atomic mass is 9.95. The molecule has 158 valence electrons. The summed E-state index contributed by atoms with van der Waals surface area (Å²) in [5.74, 6) is 2.65. The zero-order valence-electron chi connectivity index (χ0n) is 17.6. The number of rotatable bonds is 4. The lowest BCUT2D eigenvalue weighted by molar-refractivity contribution is 0.379. The molecule has 0 aliphatic carbocycles. The van der Waals surface area contributed by atoms with E-state index in [1.165, 1.54) is 11.6 Å². The van der Waals surface area contributed by atoms with Gasteiger partial charge in [0.15, 0.2) is 23.1 Å². The molecule has 0 fully saturated rings. The highest BCUT2D eigenvalue weighted by Crippen LogP contribution is 2.42. The molecular formula is C27H23F3O. The molecule has 1 aliphatic heterocycles. The molecule has 0 unspecified atom stereocenters. The van der Waals surface area contributed by atoms with Gasteiger partial charge >= 0.3 is 0 Å². The Morgan fingerprint density at radius 3 is 2.19 bits per heavy atom. The zero-order valence-corrected chi connectivity index (χ0v) is 17.6. The number of fused-ring (bicyclic) bond motifs is 2. The molecular weight excluding hydrogens is 397 g/mol. The maximum absolute atomic E-state index is 14.8. The molecule has 0 bridgehead atoms. The first kappa shape index (κ1) is 21.1. The monoisotopic (exact) mass is 420 g/mol. The third-order valence-electron chi connectivity index (χ3n) is 5.44. The maximum atomic E-state index is 14.8. The van der Waals surface area contributed by atoms with Gasteiger partial charge in [0.2, 0.25) is 5.82 Å². The Morgan fingerprint density at radius 2 is 1.48 bits per heavy atom. The van der Waals surface area contributed by atoms with E-state index in [0.717, 1.165) is 24.8 Å². The van der Waals surface area contributed by atoms with Crippen molar-refractivity contribution < 1.29 is 17.9 Å². The Hall–Kier alpha value is -3.19. The third kappa shape index (κ3) is 4.18. The van der Waals surface area contributed by atoms with Crippen LogP contribution in [0.25, 0.3) is 0 Å². The summed E-state index contributed by atoms with van der Waals surface area (Å²) in [6.45, 7) is 4.06. The van der Waals surface area contributed by atoms with Crippen LogP contribution < -0.4 is 4.74 Å². The van der Waals surface area contributed by atoms with E-state index >= 15 is 0 Å². The standard InChI is InChI=1S/C27H23F3O/c1-3-5-17-7-9-18(10-8-17)11-12-20-15-22-16-21-14-13-19(6-4-2)24(29)26(21)31-27(22)25(30)23(20)28/h7-10,13-15H,3-6,16H2,1-2H3. The molecule has 0 amide bonds. The van der Waals surface area contributed by atoms with Crippen LogP contribution in [-0.2, 0) is 19.3 Å². The fraction of sp³-hybridized carbons (Fsp3) is 0.259. The van der Waals surface area contributed by atoms with Gasteiger partial charge in [-0.2, -0.15) is 4.39 Å². The molecule has 1 nitrogen and oxygen atoms in total. The third-order valence-corrected chi connectivity index (χ3v) is 5.44. The number of hydrogen-bond donors (Lipinski definition) is 0. The Kier molecular flexibility index (Phi) is 6.04. The number of aryl methyl sites for hydroxylation is 2. The summed E-state index contributed by atoms with van der Waals surface area (Å²) in [4.78, 5) is 0. The van der Waals surface area contributed by atoms with Gasteiger partial charge in [0.25, 0.3) is 0 Å². The van der Waals surface area contributed by atoms with Crippen LogP contribution in [0.3, 0.4) is 0 Å². The minimum absolute atomic E-state index is 0.0113. The van der Waals surface area contributed by atoms with E-state index in [2.05, 4.69) is 18.8 Å². The van der Waals surface area contributed by atoms with E-state index < -0.39 is 17.5 Å². The SMILES string of the molecule is CCCc1ccc(C#Cc2cc3c(c(F)c2F)Oc2c(ccc(CCC)c2F)C3)cc1. The topological polar surface area (TPSA) is 9.23 Å². The van der Waals surface area contributed by atoms with Crippen molar-refractivity contribution in [2.45, 2.75) is 46.0 Å². The largest absolute Gasteiger partial charge is 0.450 e. The summed E-state index contributed by atoms with van der Waals surface area (Å²) >= 11 is 0. The summed E-state index contributed by atoms with van der Waals surface area (Å²) in [6.07, 6.45) is 3.63. The normalized spacial score (nSPS) is 11.8. The molecule has 31 heavy (non-hydrogen) atoms. The smallest absolute Gasteiger partial charge is 0.202 e. The van der Waals surface area contributed by atoms with Crippen LogP contribution >= 0.6 is 0 Å². The van der Waals surface area contributed by atoms with Crippen LogP contribution in [0.15, 0.2) is 42.5 Å². The van der Waals surface area contributed by atoms with E-state index in [9.17, 15) is 13.2 Å². The molecule has 4 heteroatoms. The van der Waals surface area contributed by atoms with Gasteiger partial charge in [-0.25, -0.2) is 8.78 Å². The van der Waals surface area contributed by atoms with Gasteiger partial charge in [0.05, 0.1) is 5.56 Å². The van der Waals surface area contributed by atoms with Crippen molar-refractivity contribution >= 4 is 0 Å². The Bertz CT molecular complexity index is 1180. The lowest BCUT2D eigenvalue weighted by Gasteiger charge is -2.22. The molecule has 3 aromatic rings. The van der Waals surface area contributed by atoms with Gasteiger partial charge in [0.1, 0.15) is 0 Å². The van der Waals surface area contributed by atoms with Crippen molar-refractivity contribution in [3.05, 3.63) is 93.3 Å². The Morgan fingerprint density at radius 1 is 0.774 bits per heavy atom. The fourth-order valence-electron chi connectivity index (χ4n) is 3.83. The molecule has 0 radical (unpaired) electrons. The van der Waals surface area contributed by atoms with Gasteiger partial charge < -0.3 is 4.74 Å². The van der Waals surface area contributed by atoms with Crippen molar-refractivity contribution in [2.75, 3.05) is 0 Å². The highest BCUT2D eigenvalue weighted by Gasteiger charge is 2.27. The zero-order chi connectivity index (χ0) is 22.0. The Labute approximate surface area is 180 Å². The molecule has 4 rings (SSSR count). The van der Waals surface area contributed by atoms with Crippen molar-refractivity contribution in [2.24, 2.45) is 0 Å². The van der Waals surface area contributed by atoms with Crippen molar-refractivity contribution in [3.63, 3.8) is 0 Å². The van der Waals surface area contributed by atoms with E-state index in [1.54, 1.807) is 12.1 Å². The predicted molar refractivity (Wildman–Crippen MR) is 116 cm³/mol. The minimum Gasteiger partial charge on any atom is -0.450 e. The van der Waals surface area contributed by atoms with Gasteiger partial charge in [-0.1, -0.05) is 62.8 Å². The van der Waals surface area contributed by atoms with Crippen LogP contribution in [0.1, 0.15) is 60.1 Å². The average Bonchev–Trinajstić information content (AvgIpc) is 2.78. The highest BCUT2D eigenvalue weighted by molar-refractivity contribution is 5.56. The molecule has 0 saturated carbocycles. The molecule has 1 heterocycles. The maximum Gasteiger partial charge on any atom is 0.202 e. The van der Waals surface area contributed by atoms with E-state index in [4.69, 9.17) is 4.74 Å². The second-order valence-corrected chi connectivity index (χ2v) is 7.79. The van der Waals surface area contributed by atoms with Gasteiger partial charge in [-0.15, -0.1) is 0 Å². The second-order valence-electron chi connectivity index (χ2n) is 7.79. The van der Waals surface area contributed by atoms with Gasteiger partial charge in [-0.3, -0.25) is 0 Å². The molecule has 0 saturated heterocycles. The number of ether oxygens (including phenoxy) is 1. The first-order valence-corrected chi connectivity index (χ1v) is 10.6. The first-order chi connectivity index (χ1) is 15.0. The van der Waals surface area contributed by atoms with Crippen molar-refractivity contribution in [3.8, 4) is 23.3 Å². The first-order valence-electron chi connectivity index (χ1n) is 10.6. The molecule has 0 spiro atoms. The number of halogens is 3. The quantitative estimate of drug-likeness (QED) is 0.320. The van der Waals surface area contributed by atoms with E-state index in [-0.39, 0.29) is 23.5 Å². The predicted octanol–water partition coefficient (Wildman–Crippen LogP) is 7.11. The van der Waals surface area contributed by atoms with Gasteiger partial charge in [0, 0.05) is 23.1 Å². The second kappa shape index (κ2) is 8.89. The number of benzene rings is 3. The van der Waals surface area contributed by atoms with Crippen LogP contribution in [0.2, 0.25) is 0 Å². The summed E-state index contributed by atoms with van der Waals surface area (Å²) in [5, 5.41) is 0. The van der Waals surface area contributed by atoms with E-state index in [0.29, 0.717) is 23.1 Å². The number of hydrogen-bond acceptors (Lipinski definition) is 1. The van der Waals surface area contributed by atoms with Crippen LogP contribution in [0, 0.1) is 29.3 Å². The summed E-state index contributed by atoms with van der Waals surface area (Å²) in [6, 6.07) is 12.7. The molecule has 0 atom stereocenters. The van der Waals surface area contributed by atoms with E-state index in [1.807, 2.05) is 31.2 Å². The van der Waals surface area contributed by atoms with Crippen LogP contribution in [0.5, 0.6) is 11.5 Å². The summed E-state index contributed by atoms with van der Waals surface area (Å²) in [7, 11) is 0. The minimum atomic E-state index is -1.13. The molecule has 1 aliphatic rings. The van der Waals surface area contributed by atoms with Gasteiger partial charge in [-0.05, 0) is 42.2 Å². The van der Waals surface area contributed by atoms with Crippen LogP contribution in [0.4, 0.5) is 13.2 Å². The van der Waals surface area contributed by atoms with Crippen molar-refractivity contribution in [1.82, 2.24) is 0 Å². The average molecular weight is 420 g/mol. The molecule has 0 aromatic heterocycles. The highest BCUT2D eigenvalue weighted by atomic mass is 19.2. The summed E-state index contributed by atoms with van der Waals surface area (Å²) < 4.78 is 49.8. The van der Waals surface area contributed by atoms with Crippen molar-refractivity contribution in [1.29, 1.82) is 0 Å².